The van der Waals surface area contributed by atoms with Gasteiger partial charge in [-0.05, 0) is 61.6 Å². The molecule has 2 N–H and O–H groups in total. The van der Waals surface area contributed by atoms with Crippen molar-refractivity contribution in [2.24, 2.45) is 23.7 Å². The number of allylic oxidation sites excluding steroid dienone is 1. The number of nitrogens with one attached hydrogen (secondary N) is 2. The number of nitrogens with zero attached hydrogens (tertiary/aromatic N) is 3. The van der Waals surface area contributed by atoms with E-state index in [4.69, 9.17) is 4.98 Å². The molecule has 0 radical (unpaired) electrons. The number of hydrogen-bond acceptors (Lipinski definition) is 4. The zero-order chi connectivity index (χ0) is 22.0. The van der Waals surface area contributed by atoms with Crippen molar-refractivity contribution >= 4 is 16.9 Å². The first-order valence-corrected chi connectivity index (χ1v) is 11.1. The maximum atomic E-state index is 12.4. The first kappa shape index (κ1) is 21.2. The molecule has 3 aromatic rings. The molecular formula is C25H31N5O. The van der Waals surface area contributed by atoms with Gasteiger partial charge in [0.15, 0.2) is 0 Å². The summed E-state index contributed by atoms with van der Waals surface area (Å²) in [5.41, 5.74) is 5.12. The molecule has 1 aromatic carbocycles. The molecule has 0 fully saturated rings. The van der Waals surface area contributed by atoms with Crippen LogP contribution in [0.4, 0.5) is 0 Å². The molecule has 0 spiro atoms. The fourth-order valence-electron chi connectivity index (χ4n) is 4.73. The van der Waals surface area contributed by atoms with E-state index in [-0.39, 0.29) is 5.91 Å². The Hall–Kier alpha value is -3.02. The summed E-state index contributed by atoms with van der Waals surface area (Å²) in [7, 11) is 0. The van der Waals surface area contributed by atoms with E-state index in [0.29, 0.717) is 35.9 Å². The van der Waals surface area contributed by atoms with Crippen LogP contribution in [-0.2, 0) is 6.42 Å². The normalized spacial score (nSPS) is 21.3. The Kier molecular flexibility index (Phi) is 6.16. The summed E-state index contributed by atoms with van der Waals surface area (Å²) < 4.78 is 0. The molecule has 1 amide bonds. The molecule has 0 saturated carbocycles. The van der Waals surface area contributed by atoms with Crippen molar-refractivity contribution in [1.29, 1.82) is 0 Å². The highest BCUT2D eigenvalue weighted by Gasteiger charge is 2.32. The van der Waals surface area contributed by atoms with Crippen molar-refractivity contribution in [3.8, 4) is 0 Å². The maximum Gasteiger partial charge on any atom is 0.271 e. The molecule has 31 heavy (non-hydrogen) atoms. The summed E-state index contributed by atoms with van der Waals surface area (Å²) in [6, 6.07) is 6.34. The molecule has 0 bridgehead atoms. The van der Waals surface area contributed by atoms with E-state index in [1.54, 1.807) is 12.4 Å². The van der Waals surface area contributed by atoms with E-state index in [1.807, 2.05) is 0 Å². The number of H-pyrrole nitrogens is 1. The number of imidazole rings is 1. The third kappa shape index (κ3) is 4.84. The Balaban J connectivity index is 1.47. The summed E-state index contributed by atoms with van der Waals surface area (Å²) in [6.45, 7) is 9.48. The summed E-state index contributed by atoms with van der Waals surface area (Å²) >= 11 is 0. The lowest BCUT2D eigenvalue weighted by atomic mass is 9.70. The molecule has 2 heterocycles. The van der Waals surface area contributed by atoms with E-state index in [0.717, 1.165) is 29.7 Å². The first-order valence-electron chi connectivity index (χ1n) is 11.1. The minimum absolute atomic E-state index is 0.165. The summed E-state index contributed by atoms with van der Waals surface area (Å²) in [4.78, 5) is 28.8. The number of aromatic amines is 1. The van der Waals surface area contributed by atoms with Gasteiger partial charge >= 0.3 is 0 Å². The molecule has 4 rings (SSSR count). The summed E-state index contributed by atoms with van der Waals surface area (Å²) in [6.07, 6.45) is 8.99. The smallest absolute Gasteiger partial charge is 0.271 e. The Bertz CT molecular complexity index is 1090. The first-order chi connectivity index (χ1) is 14.9. The van der Waals surface area contributed by atoms with E-state index in [2.05, 4.69) is 72.2 Å². The number of carbonyl (C=O) groups is 1. The molecular weight excluding hydrogens is 386 g/mol. The lowest BCUT2D eigenvalue weighted by molar-refractivity contribution is 0.0933. The lowest BCUT2D eigenvalue weighted by Crippen LogP contribution is -2.37. The van der Waals surface area contributed by atoms with Gasteiger partial charge in [0, 0.05) is 25.4 Å². The van der Waals surface area contributed by atoms with Crippen LogP contribution < -0.4 is 5.32 Å². The zero-order valence-electron chi connectivity index (χ0n) is 18.7. The van der Waals surface area contributed by atoms with Gasteiger partial charge in [-0.15, -0.1) is 0 Å². The molecule has 0 aliphatic heterocycles. The molecule has 0 saturated heterocycles. The third-order valence-electron chi connectivity index (χ3n) is 6.50. The molecule has 0 unspecified atom stereocenters. The number of hydrogen-bond donors (Lipinski definition) is 2. The number of amides is 1. The summed E-state index contributed by atoms with van der Waals surface area (Å²) in [5.74, 6) is 2.69. The summed E-state index contributed by atoms with van der Waals surface area (Å²) in [5, 5.41) is 3.06. The van der Waals surface area contributed by atoms with Crippen molar-refractivity contribution in [3.05, 3.63) is 65.5 Å². The van der Waals surface area contributed by atoms with E-state index in [1.165, 1.54) is 17.3 Å². The second kappa shape index (κ2) is 9.00. The highest BCUT2D eigenvalue weighted by Crippen LogP contribution is 2.38. The van der Waals surface area contributed by atoms with Crippen LogP contribution in [0.15, 0.2) is 48.4 Å². The van der Waals surface area contributed by atoms with Gasteiger partial charge in [0.25, 0.3) is 5.91 Å². The molecule has 6 nitrogen and oxygen atoms in total. The Morgan fingerprint density at radius 2 is 2.10 bits per heavy atom. The Morgan fingerprint density at radius 1 is 1.26 bits per heavy atom. The average Bonchev–Trinajstić information content (AvgIpc) is 3.15. The Labute approximate surface area is 183 Å². The average molecular weight is 418 g/mol. The molecule has 162 valence electrons. The van der Waals surface area contributed by atoms with E-state index in [9.17, 15) is 4.79 Å². The van der Waals surface area contributed by atoms with Crippen molar-refractivity contribution in [2.75, 3.05) is 6.54 Å². The number of aromatic nitrogens is 4. The predicted octanol–water partition coefficient (Wildman–Crippen LogP) is 4.49. The van der Waals surface area contributed by atoms with E-state index >= 15 is 0 Å². The van der Waals surface area contributed by atoms with Crippen LogP contribution in [0.1, 0.15) is 49.1 Å². The molecule has 1 aliphatic rings. The second-order valence-corrected chi connectivity index (χ2v) is 9.12. The van der Waals surface area contributed by atoms with Gasteiger partial charge in [0.1, 0.15) is 11.5 Å². The van der Waals surface area contributed by atoms with Crippen LogP contribution >= 0.6 is 0 Å². The van der Waals surface area contributed by atoms with Crippen LogP contribution in [0.2, 0.25) is 0 Å². The molecule has 2 aromatic heterocycles. The van der Waals surface area contributed by atoms with Crippen molar-refractivity contribution in [2.45, 2.75) is 40.5 Å². The van der Waals surface area contributed by atoms with Crippen molar-refractivity contribution in [1.82, 2.24) is 25.3 Å². The number of aryl methyl sites for hydroxylation is 1. The van der Waals surface area contributed by atoms with Crippen LogP contribution in [0.5, 0.6) is 0 Å². The number of fused-ring (bicyclic) bond motifs is 1. The van der Waals surface area contributed by atoms with E-state index < -0.39 is 0 Å². The second-order valence-electron chi connectivity index (χ2n) is 9.12. The standard InChI is InChI=1S/C25H31N5O/c1-15(2)20-11-18(12-24-29-21-6-5-16(3)9-22(21)30-24)17(4)10-19(20)13-28-25(31)23-14-26-7-8-27-23/h5-10,14-15,18-20H,11-13H2,1-4H3,(H,28,31)(H,29,30)/t18-,19-,20-/m0/s1. The van der Waals surface area contributed by atoms with Crippen molar-refractivity contribution < 1.29 is 4.79 Å². The van der Waals surface area contributed by atoms with Gasteiger partial charge < -0.3 is 10.3 Å². The third-order valence-corrected chi connectivity index (χ3v) is 6.50. The predicted molar refractivity (Wildman–Crippen MR) is 123 cm³/mol. The minimum atomic E-state index is -0.165. The number of benzene rings is 1. The molecule has 6 heteroatoms. The number of carbonyl (C=O) groups excluding carboxylic acids is 1. The fourth-order valence-corrected chi connectivity index (χ4v) is 4.73. The highest BCUT2D eigenvalue weighted by atomic mass is 16.1. The van der Waals surface area contributed by atoms with Crippen LogP contribution in [0.3, 0.4) is 0 Å². The van der Waals surface area contributed by atoms with Gasteiger partial charge in [-0.25, -0.2) is 9.97 Å². The van der Waals surface area contributed by atoms with Crippen molar-refractivity contribution in [3.63, 3.8) is 0 Å². The maximum absolute atomic E-state index is 12.4. The molecule has 3 atom stereocenters. The zero-order valence-corrected chi connectivity index (χ0v) is 18.7. The van der Waals surface area contributed by atoms with Crippen LogP contribution in [-0.4, -0.2) is 32.4 Å². The van der Waals surface area contributed by atoms with Gasteiger partial charge in [0.2, 0.25) is 0 Å². The highest BCUT2D eigenvalue weighted by molar-refractivity contribution is 5.91. The monoisotopic (exact) mass is 417 g/mol. The largest absolute Gasteiger partial charge is 0.350 e. The Morgan fingerprint density at radius 3 is 2.84 bits per heavy atom. The lowest BCUT2D eigenvalue weighted by Gasteiger charge is -2.37. The van der Waals surface area contributed by atoms with Crippen LogP contribution in [0, 0.1) is 30.6 Å². The number of rotatable bonds is 6. The van der Waals surface area contributed by atoms with Gasteiger partial charge in [0.05, 0.1) is 17.2 Å². The van der Waals surface area contributed by atoms with Crippen LogP contribution in [0.25, 0.3) is 11.0 Å². The fraction of sp³-hybridized carbons (Fsp3) is 0.440. The van der Waals surface area contributed by atoms with Gasteiger partial charge in [-0.2, -0.15) is 0 Å². The quantitative estimate of drug-likeness (QED) is 0.579. The van der Waals surface area contributed by atoms with Gasteiger partial charge in [-0.1, -0.05) is 31.6 Å². The van der Waals surface area contributed by atoms with Gasteiger partial charge in [-0.3, -0.25) is 9.78 Å². The SMILES string of the molecule is CC1=C[C@@H](CNC(=O)c2cnccn2)[C@H](C(C)C)C[C@H]1Cc1nc2ccc(C)cc2[nH]1. The minimum Gasteiger partial charge on any atom is -0.350 e. The topological polar surface area (TPSA) is 83.6 Å². The molecule has 1 aliphatic carbocycles.